The van der Waals surface area contributed by atoms with E-state index >= 15 is 0 Å². The van der Waals surface area contributed by atoms with Gasteiger partial charge >= 0.3 is 0 Å². The van der Waals surface area contributed by atoms with E-state index in [4.69, 9.17) is 0 Å². The number of unbranched alkanes of at least 4 members (excludes halogenated alkanes) is 1. The quantitative estimate of drug-likeness (QED) is 0.584. The van der Waals surface area contributed by atoms with E-state index in [9.17, 15) is 0 Å². The molecule has 2 rings (SSSR count). The average molecular weight is 280 g/mol. The van der Waals surface area contributed by atoms with Crippen molar-refractivity contribution in [3.8, 4) is 0 Å². The highest BCUT2D eigenvalue weighted by Crippen LogP contribution is 2.48. The third-order valence-electron chi connectivity index (χ3n) is 6.24. The summed E-state index contributed by atoms with van der Waals surface area (Å²) in [5, 5.41) is 3.87. The van der Waals surface area contributed by atoms with Crippen molar-refractivity contribution in [1.82, 2.24) is 5.32 Å². The van der Waals surface area contributed by atoms with Gasteiger partial charge in [0.15, 0.2) is 0 Å². The van der Waals surface area contributed by atoms with E-state index in [0.717, 1.165) is 17.9 Å². The van der Waals surface area contributed by atoms with Gasteiger partial charge < -0.3 is 5.32 Å². The number of hydrogen-bond donors (Lipinski definition) is 1. The second-order valence-electron chi connectivity index (χ2n) is 7.62. The molecule has 1 N–H and O–H groups in total. The lowest BCUT2D eigenvalue weighted by molar-refractivity contribution is 0.0624. The van der Waals surface area contributed by atoms with Crippen LogP contribution in [-0.2, 0) is 0 Å². The van der Waals surface area contributed by atoms with Crippen LogP contribution in [0.15, 0.2) is 0 Å². The molecule has 0 saturated heterocycles. The summed E-state index contributed by atoms with van der Waals surface area (Å²) < 4.78 is 0. The lowest BCUT2D eigenvalue weighted by atomic mass is 9.61. The Morgan fingerprint density at radius 3 is 2.15 bits per heavy atom. The van der Waals surface area contributed by atoms with Crippen molar-refractivity contribution in [2.45, 2.75) is 97.4 Å². The fourth-order valence-electron chi connectivity index (χ4n) is 4.55. The molecule has 0 aromatic carbocycles. The molecule has 20 heavy (non-hydrogen) atoms. The monoisotopic (exact) mass is 279 g/mol. The molecular weight excluding hydrogens is 242 g/mol. The summed E-state index contributed by atoms with van der Waals surface area (Å²) in [5.74, 6) is 1.99. The normalized spacial score (nSPS) is 30.9. The molecule has 0 heterocycles. The highest BCUT2D eigenvalue weighted by Gasteiger charge is 2.40. The molecule has 0 aromatic heterocycles. The Kier molecular flexibility index (Phi) is 6.39. The van der Waals surface area contributed by atoms with Gasteiger partial charge in [-0.25, -0.2) is 0 Å². The fourth-order valence-corrected chi connectivity index (χ4v) is 4.55. The van der Waals surface area contributed by atoms with E-state index in [2.05, 4.69) is 26.1 Å². The first-order valence-electron chi connectivity index (χ1n) is 9.47. The third kappa shape index (κ3) is 4.23. The Morgan fingerprint density at radius 2 is 1.65 bits per heavy atom. The van der Waals surface area contributed by atoms with Crippen molar-refractivity contribution in [2.24, 2.45) is 17.3 Å². The first-order valence-corrected chi connectivity index (χ1v) is 9.47. The predicted molar refractivity (Wildman–Crippen MR) is 89.0 cm³/mol. The standard InChI is InChI=1S/C19H37N/c1-4-7-8-16-11-13-19(14-12-16,17(5-2)6-3)15-20-18-9-10-18/h16-18,20H,4-15H2,1-3H3. The zero-order chi connectivity index (χ0) is 14.4. The van der Waals surface area contributed by atoms with E-state index in [1.54, 1.807) is 0 Å². The molecule has 0 radical (unpaired) electrons. The maximum absolute atomic E-state index is 3.87. The predicted octanol–water partition coefficient (Wildman–Crippen LogP) is 5.54. The topological polar surface area (TPSA) is 12.0 Å². The van der Waals surface area contributed by atoms with E-state index in [0.29, 0.717) is 5.41 Å². The van der Waals surface area contributed by atoms with E-state index in [-0.39, 0.29) is 0 Å². The number of rotatable bonds is 9. The van der Waals surface area contributed by atoms with Crippen LogP contribution in [0.25, 0.3) is 0 Å². The van der Waals surface area contributed by atoms with Gasteiger partial charge in [-0.05, 0) is 55.8 Å². The SMILES string of the molecule is CCCCC1CCC(CNC2CC2)(C(CC)CC)CC1. The van der Waals surface area contributed by atoms with Crippen molar-refractivity contribution in [3.63, 3.8) is 0 Å². The van der Waals surface area contributed by atoms with Gasteiger partial charge in [0.05, 0.1) is 0 Å². The van der Waals surface area contributed by atoms with Crippen LogP contribution in [0.2, 0.25) is 0 Å². The van der Waals surface area contributed by atoms with Crippen LogP contribution in [0.1, 0.15) is 91.4 Å². The Morgan fingerprint density at radius 1 is 1.00 bits per heavy atom. The van der Waals surface area contributed by atoms with Crippen LogP contribution in [0.4, 0.5) is 0 Å². The minimum Gasteiger partial charge on any atom is -0.313 e. The van der Waals surface area contributed by atoms with Gasteiger partial charge in [0, 0.05) is 12.6 Å². The Hall–Kier alpha value is -0.0400. The maximum Gasteiger partial charge on any atom is 0.00684 e. The first kappa shape index (κ1) is 16.3. The molecule has 1 nitrogen and oxygen atoms in total. The molecule has 0 spiro atoms. The Bertz CT molecular complexity index is 257. The molecule has 0 amide bonds. The molecule has 2 saturated carbocycles. The summed E-state index contributed by atoms with van der Waals surface area (Å²) in [6, 6.07) is 0.874. The summed E-state index contributed by atoms with van der Waals surface area (Å²) in [5.41, 5.74) is 0.634. The van der Waals surface area contributed by atoms with Gasteiger partial charge in [-0.3, -0.25) is 0 Å². The van der Waals surface area contributed by atoms with Crippen LogP contribution in [-0.4, -0.2) is 12.6 Å². The van der Waals surface area contributed by atoms with Crippen LogP contribution < -0.4 is 5.32 Å². The van der Waals surface area contributed by atoms with Gasteiger partial charge in [-0.15, -0.1) is 0 Å². The second-order valence-corrected chi connectivity index (χ2v) is 7.62. The zero-order valence-corrected chi connectivity index (χ0v) is 14.2. The van der Waals surface area contributed by atoms with Gasteiger partial charge in [0.2, 0.25) is 0 Å². The van der Waals surface area contributed by atoms with E-state index in [1.807, 2.05) is 0 Å². The first-order chi connectivity index (χ1) is 9.74. The summed E-state index contributed by atoms with van der Waals surface area (Å²) in [6.07, 6.45) is 15.9. The average Bonchev–Trinajstić information content (AvgIpc) is 3.30. The van der Waals surface area contributed by atoms with Crippen molar-refractivity contribution < 1.29 is 0 Å². The molecular formula is C19H37N. The zero-order valence-electron chi connectivity index (χ0n) is 14.2. The Labute approximate surface area is 127 Å². The minimum absolute atomic E-state index is 0.634. The summed E-state index contributed by atoms with van der Waals surface area (Å²) >= 11 is 0. The van der Waals surface area contributed by atoms with E-state index in [1.165, 1.54) is 77.2 Å². The maximum atomic E-state index is 3.87. The van der Waals surface area contributed by atoms with Crippen molar-refractivity contribution >= 4 is 0 Å². The molecule has 2 fully saturated rings. The molecule has 2 aliphatic carbocycles. The number of nitrogens with one attached hydrogen (secondary N) is 1. The van der Waals surface area contributed by atoms with Gasteiger partial charge in [-0.2, -0.15) is 0 Å². The smallest absolute Gasteiger partial charge is 0.00684 e. The molecule has 0 unspecified atom stereocenters. The lowest BCUT2D eigenvalue weighted by Crippen LogP contribution is -2.43. The summed E-state index contributed by atoms with van der Waals surface area (Å²) in [4.78, 5) is 0. The summed E-state index contributed by atoms with van der Waals surface area (Å²) in [7, 11) is 0. The largest absolute Gasteiger partial charge is 0.313 e. The Balaban J connectivity index is 1.89. The molecule has 0 bridgehead atoms. The minimum atomic E-state index is 0.634. The number of hydrogen-bond acceptors (Lipinski definition) is 1. The van der Waals surface area contributed by atoms with Crippen LogP contribution >= 0.6 is 0 Å². The van der Waals surface area contributed by atoms with Gasteiger partial charge in [-0.1, -0.05) is 52.9 Å². The molecule has 118 valence electrons. The van der Waals surface area contributed by atoms with Gasteiger partial charge in [0.1, 0.15) is 0 Å². The summed E-state index contributed by atoms with van der Waals surface area (Å²) in [6.45, 7) is 8.47. The third-order valence-corrected chi connectivity index (χ3v) is 6.24. The highest BCUT2D eigenvalue weighted by molar-refractivity contribution is 4.94. The van der Waals surface area contributed by atoms with Crippen LogP contribution in [0, 0.1) is 17.3 Å². The highest BCUT2D eigenvalue weighted by atomic mass is 15.0. The van der Waals surface area contributed by atoms with Crippen molar-refractivity contribution in [3.05, 3.63) is 0 Å². The fraction of sp³-hybridized carbons (Fsp3) is 1.00. The van der Waals surface area contributed by atoms with E-state index < -0.39 is 0 Å². The van der Waals surface area contributed by atoms with Crippen LogP contribution in [0.5, 0.6) is 0 Å². The van der Waals surface area contributed by atoms with Crippen molar-refractivity contribution in [2.75, 3.05) is 6.54 Å². The van der Waals surface area contributed by atoms with Crippen LogP contribution in [0.3, 0.4) is 0 Å². The molecule has 2 aliphatic rings. The molecule has 1 heteroatoms. The second kappa shape index (κ2) is 7.82. The molecule has 0 aliphatic heterocycles. The molecule has 0 atom stereocenters. The van der Waals surface area contributed by atoms with Gasteiger partial charge in [0.25, 0.3) is 0 Å². The lowest BCUT2D eigenvalue weighted by Gasteiger charge is -2.46. The van der Waals surface area contributed by atoms with Crippen molar-refractivity contribution in [1.29, 1.82) is 0 Å². The molecule has 0 aromatic rings.